The van der Waals surface area contributed by atoms with E-state index in [1.807, 2.05) is 7.05 Å². The molecule has 0 bridgehead atoms. The summed E-state index contributed by atoms with van der Waals surface area (Å²) < 4.78 is 5.90. The second-order valence-corrected chi connectivity index (χ2v) is 5.84. The van der Waals surface area contributed by atoms with Crippen molar-refractivity contribution in [2.24, 2.45) is 0 Å². The van der Waals surface area contributed by atoms with Crippen molar-refractivity contribution >= 4 is 0 Å². The van der Waals surface area contributed by atoms with Crippen LogP contribution in [-0.4, -0.2) is 43.2 Å². The zero-order valence-corrected chi connectivity index (χ0v) is 13.5. The Morgan fingerprint density at radius 2 is 2.05 bits per heavy atom. The lowest BCUT2D eigenvalue weighted by molar-refractivity contribution is 0.180. The first-order chi connectivity index (χ1) is 10.3. The van der Waals surface area contributed by atoms with E-state index in [0.29, 0.717) is 0 Å². The van der Waals surface area contributed by atoms with Gasteiger partial charge >= 0.3 is 0 Å². The Bertz CT molecular complexity index is 392. The van der Waals surface area contributed by atoms with E-state index in [4.69, 9.17) is 4.74 Å². The van der Waals surface area contributed by atoms with Gasteiger partial charge in [0.25, 0.3) is 0 Å². The molecule has 1 fully saturated rings. The van der Waals surface area contributed by atoms with E-state index in [1.165, 1.54) is 37.9 Å². The summed E-state index contributed by atoms with van der Waals surface area (Å²) in [5.74, 6) is 0.781. The van der Waals surface area contributed by atoms with Crippen LogP contribution in [0.15, 0.2) is 12.1 Å². The molecule has 0 aromatic carbocycles. The zero-order chi connectivity index (χ0) is 14.9. The highest BCUT2D eigenvalue weighted by Gasteiger charge is 2.10. The predicted octanol–water partition coefficient (Wildman–Crippen LogP) is 2.62. The van der Waals surface area contributed by atoms with Crippen LogP contribution in [0.2, 0.25) is 0 Å². The van der Waals surface area contributed by atoms with Gasteiger partial charge in [0, 0.05) is 24.8 Å². The van der Waals surface area contributed by atoms with Crippen LogP contribution < -0.4 is 10.1 Å². The smallest absolute Gasteiger partial charge is 0.213 e. The summed E-state index contributed by atoms with van der Waals surface area (Å²) in [4.78, 5) is 7.11. The molecule has 1 N–H and O–H groups in total. The van der Waals surface area contributed by atoms with E-state index in [0.717, 1.165) is 44.1 Å². The predicted molar refractivity (Wildman–Crippen MR) is 86.8 cm³/mol. The molecule has 0 amide bonds. The van der Waals surface area contributed by atoms with Crippen LogP contribution in [0.4, 0.5) is 0 Å². The largest absolute Gasteiger partial charge is 0.476 e. The lowest BCUT2D eigenvalue weighted by Gasteiger charge is -2.26. The molecule has 4 heteroatoms. The van der Waals surface area contributed by atoms with Crippen LogP contribution in [-0.2, 0) is 13.0 Å². The summed E-state index contributed by atoms with van der Waals surface area (Å²) in [6.45, 7) is 7.24. The number of piperidine rings is 1. The molecule has 0 atom stereocenters. The summed E-state index contributed by atoms with van der Waals surface area (Å²) >= 11 is 0. The number of rotatable bonds is 8. The van der Waals surface area contributed by atoms with Gasteiger partial charge in [-0.2, -0.15) is 0 Å². The maximum Gasteiger partial charge on any atom is 0.213 e. The Kier molecular flexibility index (Phi) is 6.96. The van der Waals surface area contributed by atoms with Crippen molar-refractivity contribution in [1.29, 1.82) is 0 Å². The number of nitrogens with one attached hydrogen (secondary N) is 1. The van der Waals surface area contributed by atoms with Gasteiger partial charge < -0.3 is 10.1 Å². The Labute approximate surface area is 128 Å². The van der Waals surface area contributed by atoms with E-state index in [2.05, 4.69) is 34.3 Å². The monoisotopic (exact) mass is 291 g/mol. The minimum absolute atomic E-state index is 0.738. The fourth-order valence-corrected chi connectivity index (χ4v) is 2.85. The maximum absolute atomic E-state index is 5.90. The van der Waals surface area contributed by atoms with Gasteiger partial charge in [0.05, 0.1) is 0 Å². The average molecular weight is 291 g/mol. The Hall–Kier alpha value is -1.13. The molecule has 0 aliphatic carbocycles. The number of aromatic nitrogens is 1. The van der Waals surface area contributed by atoms with E-state index in [-0.39, 0.29) is 0 Å². The third kappa shape index (κ3) is 5.64. The zero-order valence-electron chi connectivity index (χ0n) is 13.5. The minimum Gasteiger partial charge on any atom is -0.476 e. The highest BCUT2D eigenvalue weighted by molar-refractivity contribution is 5.25. The van der Waals surface area contributed by atoms with E-state index < -0.39 is 0 Å². The molecule has 1 aromatic rings. The molecule has 0 spiro atoms. The number of likely N-dealkylation sites (tertiary alicyclic amines) is 1. The van der Waals surface area contributed by atoms with Crippen LogP contribution in [0.1, 0.15) is 43.9 Å². The van der Waals surface area contributed by atoms with E-state index >= 15 is 0 Å². The van der Waals surface area contributed by atoms with Gasteiger partial charge in [0.15, 0.2) is 0 Å². The Morgan fingerprint density at radius 3 is 2.76 bits per heavy atom. The molecule has 2 rings (SSSR count). The standard InChI is InChI=1S/C17H29N3O/c1-3-7-16-12-15(14-18-2)13-17(19-16)21-11-10-20-8-5-4-6-9-20/h12-13,18H,3-11,14H2,1-2H3. The highest BCUT2D eigenvalue weighted by Crippen LogP contribution is 2.15. The van der Waals surface area contributed by atoms with Gasteiger partial charge in [-0.25, -0.2) is 4.98 Å². The molecule has 4 nitrogen and oxygen atoms in total. The number of hydrogen-bond acceptors (Lipinski definition) is 4. The molecule has 1 saturated heterocycles. The molecule has 0 saturated carbocycles. The molecule has 21 heavy (non-hydrogen) atoms. The minimum atomic E-state index is 0.738. The summed E-state index contributed by atoms with van der Waals surface area (Å²) in [6, 6.07) is 4.24. The maximum atomic E-state index is 5.90. The SMILES string of the molecule is CCCc1cc(CNC)cc(OCCN2CCCCC2)n1. The van der Waals surface area contributed by atoms with Crippen LogP contribution in [0.25, 0.3) is 0 Å². The van der Waals surface area contributed by atoms with Crippen molar-refractivity contribution in [3.63, 3.8) is 0 Å². The molecular formula is C17H29N3O. The summed E-state index contributed by atoms with van der Waals surface area (Å²) in [5, 5.41) is 3.20. The molecule has 1 aromatic heterocycles. The van der Waals surface area contributed by atoms with Crippen LogP contribution in [0, 0.1) is 0 Å². The summed E-state index contributed by atoms with van der Waals surface area (Å²) in [6.07, 6.45) is 6.17. The number of ether oxygens (including phenoxy) is 1. The van der Waals surface area contributed by atoms with Crippen molar-refractivity contribution in [2.75, 3.05) is 33.3 Å². The summed E-state index contributed by atoms with van der Waals surface area (Å²) in [7, 11) is 1.97. The van der Waals surface area contributed by atoms with Gasteiger partial charge in [-0.3, -0.25) is 4.90 Å². The van der Waals surface area contributed by atoms with E-state index in [1.54, 1.807) is 0 Å². The number of pyridine rings is 1. The third-order valence-corrected chi connectivity index (χ3v) is 3.91. The first kappa shape index (κ1) is 16.2. The van der Waals surface area contributed by atoms with E-state index in [9.17, 15) is 0 Å². The van der Waals surface area contributed by atoms with Gasteiger partial charge in [-0.05, 0) is 51.0 Å². The molecule has 1 aliphatic rings. The van der Waals surface area contributed by atoms with Gasteiger partial charge in [-0.1, -0.05) is 19.8 Å². The topological polar surface area (TPSA) is 37.4 Å². The van der Waals surface area contributed by atoms with Crippen LogP contribution in [0.3, 0.4) is 0 Å². The van der Waals surface area contributed by atoms with Crippen molar-refractivity contribution in [3.05, 3.63) is 23.4 Å². The molecule has 0 unspecified atom stereocenters. The number of hydrogen-bond donors (Lipinski definition) is 1. The molecule has 118 valence electrons. The van der Waals surface area contributed by atoms with Gasteiger partial charge in [0.1, 0.15) is 6.61 Å². The fraction of sp³-hybridized carbons (Fsp3) is 0.706. The first-order valence-corrected chi connectivity index (χ1v) is 8.31. The van der Waals surface area contributed by atoms with Crippen molar-refractivity contribution in [1.82, 2.24) is 15.2 Å². The molecule has 2 heterocycles. The normalized spacial score (nSPS) is 16.1. The molecule has 0 radical (unpaired) electrons. The molecule has 1 aliphatic heterocycles. The van der Waals surface area contributed by atoms with Crippen molar-refractivity contribution in [3.8, 4) is 5.88 Å². The number of aryl methyl sites for hydroxylation is 1. The van der Waals surface area contributed by atoms with Crippen molar-refractivity contribution in [2.45, 2.75) is 45.6 Å². The quantitative estimate of drug-likeness (QED) is 0.799. The third-order valence-electron chi connectivity index (χ3n) is 3.91. The first-order valence-electron chi connectivity index (χ1n) is 8.31. The second kappa shape index (κ2) is 9.00. The van der Waals surface area contributed by atoms with Gasteiger partial charge in [-0.15, -0.1) is 0 Å². The summed E-state index contributed by atoms with van der Waals surface area (Å²) in [5.41, 5.74) is 2.39. The lowest BCUT2D eigenvalue weighted by atomic mass is 10.1. The Balaban J connectivity index is 1.87. The van der Waals surface area contributed by atoms with Crippen molar-refractivity contribution < 1.29 is 4.74 Å². The van der Waals surface area contributed by atoms with Crippen LogP contribution >= 0.6 is 0 Å². The highest BCUT2D eigenvalue weighted by atomic mass is 16.5. The number of nitrogens with zero attached hydrogens (tertiary/aromatic N) is 2. The fourth-order valence-electron chi connectivity index (χ4n) is 2.85. The second-order valence-electron chi connectivity index (χ2n) is 5.84. The Morgan fingerprint density at radius 1 is 1.24 bits per heavy atom. The molecular weight excluding hydrogens is 262 g/mol. The average Bonchev–Trinajstić information content (AvgIpc) is 2.49. The van der Waals surface area contributed by atoms with Crippen LogP contribution in [0.5, 0.6) is 5.88 Å². The van der Waals surface area contributed by atoms with Gasteiger partial charge in [0.2, 0.25) is 5.88 Å². The lowest BCUT2D eigenvalue weighted by Crippen LogP contribution is -2.33.